The number of carbonyl (C=O) groups excluding carboxylic acids is 3. The van der Waals surface area contributed by atoms with Gasteiger partial charge in [-0.1, -0.05) is 23.7 Å². The van der Waals surface area contributed by atoms with Gasteiger partial charge in [0.05, 0.1) is 22.2 Å². The van der Waals surface area contributed by atoms with E-state index >= 15 is 0 Å². The van der Waals surface area contributed by atoms with Crippen molar-refractivity contribution in [2.75, 3.05) is 23.4 Å². The van der Waals surface area contributed by atoms with Gasteiger partial charge in [-0.2, -0.15) is 13.2 Å². The van der Waals surface area contributed by atoms with Crippen molar-refractivity contribution in [3.63, 3.8) is 0 Å². The minimum atomic E-state index is -4.60. The van der Waals surface area contributed by atoms with Gasteiger partial charge < -0.3 is 15.0 Å². The van der Waals surface area contributed by atoms with Gasteiger partial charge in [-0.25, -0.2) is 0 Å². The third kappa shape index (κ3) is 5.40. The largest absolute Gasteiger partial charge is 0.455 e. The molecule has 1 atom stereocenters. The molecule has 10 heteroatoms. The highest BCUT2D eigenvalue weighted by Gasteiger charge is 2.37. The molecule has 2 amide bonds. The lowest BCUT2D eigenvalue weighted by Crippen LogP contribution is -2.28. The lowest BCUT2D eigenvalue weighted by atomic mass is 10.1. The smallest absolute Gasteiger partial charge is 0.416 e. The molecule has 0 bridgehead atoms. The van der Waals surface area contributed by atoms with Gasteiger partial charge in [0.25, 0.3) is 5.91 Å². The van der Waals surface area contributed by atoms with E-state index in [0.717, 1.165) is 23.3 Å². The SMILES string of the molecule is Cc1ccc(C)c(N2C[C@@H](C(=O)OCC(=O)Nc3cc(C(F)(F)F)ccc3Cl)CC2=O)c1. The number of benzene rings is 2. The highest BCUT2D eigenvalue weighted by atomic mass is 35.5. The first-order chi connectivity index (χ1) is 15.0. The van der Waals surface area contributed by atoms with Gasteiger partial charge in [0.1, 0.15) is 0 Å². The molecule has 0 unspecified atom stereocenters. The summed E-state index contributed by atoms with van der Waals surface area (Å²) in [5, 5.41) is 2.11. The molecular formula is C22H20ClF3N2O4. The van der Waals surface area contributed by atoms with E-state index in [1.54, 1.807) is 0 Å². The maximum Gasteiger partial charge on any atom is 0.416 e. The summed E-state index contributed by atoms with van der Waals surface area (Å²) < 4.78 is 43.5. The number of hydrogen-bond donors (Lipinski definition) is 1. The summed E-state index contributed by atoms with van der Waals surface area (Å²) in [6.07, 6.45) is -4.67. The molecule has 0 spiro atoms. The van der Waals surface area contributed by atoms with Crippen molar-refractivity contribution >= 4 is 40.8 Å². The highest BCUT2D eigenvalue weighted by molar-refractivity contribution is 6.33. The van der Waals surface area contributed by atoms with Crippen molar-refractivity contribution in [3.05, 3.63) is 58.1 Å². The zero-order valence-corrected chi connectivity index (χ0v) is 18.0. The topological polar surface area (TPSA) is 75.7 Å². The lowest BCUT2D eigenvalue weighted by molar-refractivity contribution is -0.151. The lowest BCUT2D eigenvalue weighted by Gasteiger charge is -2.19. The molecule has 1 aliphatic heterocycles. The van der Waals surface area contributed by atoms with Crippen LogP contribution in [0.25, 0.3) is 0 Å². The normalized spacial score (nSPS) is 16.2. The van der Waals surface area contributed by atoms with Gasteiger partial charge in [-0.15, -0.1) is 0 Å². The van der Waals surface area contributed by atoms with Crippen LogP contribution in [0.3, 0.4) is 0 Å². The maximum atomic E-state index is 12.8. The first kappa shape index (κ1) is 23.6. The predicted molar refractivity (Wildman–Crippen MR) is 112 cm³/mol. The van der Waals surface area contributed by atoms with Crippen LogP contribution in [-0.4, -0.2) is 30.9 Å². The maximum absolute atomic E-state index is 12.8. The van der Waals surface area contributed by atoms with Gasteiger partial charge >= 0.3 is 12.1 Å². The number of amides is 2. The third-order valence-electron chi connectivity index (χ3n) is 5.03. The molecule has 1 heterocycles. The standard InChI is InChI=1S/C22H20ClF3N2O4/c1-12-3-4-13(2)18(7-12)28-10-14(8-20(28)30)21(31)32-11-19(29)27-17-9-15(22(24,25)26)5-6-16(17)23/h3-7,9,14H,8,10-11H2,1-2H3,(H,27,29)/t14-/m0/s1. The van der Waals surface area contributed by atoms with Gasteiger partial charge in [0.2, 0.25) is 5.91 Å². The van der Waals surface area contributed by atoms with E-state index in [0.29, 0.717) is 11.8 Å². The van der Waals surface area contributed by atoms with Gasteiger partial charge in [0.15, 0.2) is 6.61 Å². The van der Waals surface area contributed by atoms with Crippen molar-refractivity contribution < 1.29 is 32.3 Å². The molecule has 0 radical (unpaired) electrons. The average Bonchev–Trinajstić information content (AvgIpc) is 3.10. The minimum Gasteiger partial charge on any atom is -0.455 e. The number of nitrogens with one attached hydrogen (secondary N) is 1. The van der Waals surface area contributed by atoms with Crippen molar-refractivity contribution in [1.82, 2.24) is 0 Å². The zero-order valence-electron chi connectivity index (χ0n) is 17.3. The van der Waals surface area contributed by atoms with Crippen LogP contribution in [0.15, 0.2) is 36.4 Å². The molecule has 32 heavy (non-hydrogen) atoms. The second-order valence-corrected chi connectivity index (χ2v) is 7.95. The number of carbonyl (C=O) groups is 3. The number of hydrogen-bond acceptors (Lipinski definition) is 4. The quantitative estimate of drug-likeness (QED) is 0.655. The Labute approximate surface area is 187 Å². The predicted octanol–water partition coefficient (Wildman–Crippen LogP) is 4.51. The summed E-state index contributed by atoms with van der Waals surface area (Å²) in [5.74, 6) is -2.58. The van der Waals surface area contributed by atoms with Gasteiger partial charge in [-0.3, -0.25) is 14.4 Å². The van der Waals surface area contributed by atoms with E-state index in [2.05, 4.69) is 5.32 Å². The number of halogens is 4. The summed E-state index contributed by atoms with van der Waals surface area (Å²) in [4.78, 5) is 38.4. The summed E-state index contributed by atoms with van der Waals surface area (Å²) in [6, 6.07) is 8.15. The number of esters is 1. The zero-order chi connectivity index (χ0) is 23.6. The van der Waals surface area contributed by atoms with Crippen molar-refractivity contribution in [1.29, 1.82) is 0 Å². The van der Waals surface area contributed by atoms with Crippen molar-refractivity contribution in [2.45, 2.75) is 26.4 Å². The van der Waals surface area contributed by atoms with Crippen LogP contribution in [0.4, 0.5) is 24.5 Å². The molecule has 1 N–H and O–H groups in total. The van der Waals surface area contributed by atoms with E-state index in [4.69, 9.17) is 16.3 Å². The van der Waals surface area contributed by atoms with Crippen LogP contribution < -0.4 is 10.2 Å². The van der Waals surface area contributed by atoms with E-state index in [9.17, 15) is 27.6 Å². The van der Waals surface area contributed by atoms with Gasteiger partial charge in [-0.05, 0) is 49.2 Å². The summed E-state index contributed by atoms with van der Waals surface area (Å²) >= 11 is 5.84. The molecule has 0 aromatic heterocycles. The molecule has 0 saturated carbocycles. The molecule has 0 aliphatic carbocycles. The fourth-order valence-corrected chi connectivity index (χ4v) is 3.51. The van der Waals surface area contributed by atoms with Crippen LogP contribution in [0.2, 0.25) is 5.02 Å². The number of nitrogens with zero attached hydrogens (tertiary/aromatic N) is 1. The van der Waals surface area contributed by atoms with Crippen LogP contribution in [0.1, 0.15) is 23.1 Å². The molecule has 1 saturated heterocycles. The summed E-state index contributed by atoms with van der Waals surface area (Å²) in [7, 11) is 0. The fraction of sp³-hybridized carbons (Fsp3) is 0.318. The average molecular weight is 469 g/mol. The molecule has 170 valence electrons. The van der Waals surface area contributed by atoms with E-state index in [1.807, 2.05) is 32.0 Å². The van der Waals surface area contributed by atoms with Gasteiger partial charge in [0, 0.05) is 18.7 Å². The minimum absolute atomic E-state index is 0.0622. The molecular weight excluding hydrogens is 449 g/mol. The van der Waals surface area contributed by atoms with Crippen LogP contribution in [-0.2, 0) is 25.3 Å². The molecule has 1 aliphatic rings. The van der Waals surface area contributed by atoms with Crippen LogP contribution in [0.5, 0.6) is 0 Å². The highest BCUT2D eigenvalue weighted by Crippen LogP contribution is 2.34. The Hall–Kier alpha value is -3.07. The fourth-order valence-electron chi connectivity index (χ4n) is 3.35. The monoisotopic (exact) mass is 468 g/mol. The first-order valence-corrected chi connectivity index (χ1v) is 10.0. The number of anilines is 2. The Kier molecular flexibility index (Phi) is 6.78. The van der Waals surface area contributed by atoms with Crippen molar-refractivity contribution in [3.8, 4) is 0 Å². The number of alkyl halides is 3. The summed E-state index contributed by atoms with van der Waals surface area (Å²) in [6.45, 7) is 3.14. The van der Waals surface area contributed by atoms with E-state index < -0.39 is 36.1 Å². The van der Waals surface area contributed by atoms with Crippen LogP contribution in [0, 0.1) is 19.8 Å². The van der Waals surface area contributed by atoms with Crippen LogP contribution >= 0.6 is 11.6 Å². The first-order valence-electron chi connectivity index (χ1n) is 9.66. The molecule has 2 aromatic rings. The van der Waals surface area contributed by atoms with E-state index in [-0.39, 0.29) is 29.6 Å². The number of ether oxygens (including phenoxy) is 1. The number of aryl methyl sites for hydroxylation is 2. The Morgan fingerprint density at radius 3 is 2.59 bits per heavy atom. The Balaban J connectivity index is 1.59. The second kappa shape index (κ2) is 9.20. The van der Waals surface area contributed by atoms with Crippen molar-refractivity contribution in [2.24, 2.45) is 5.92 Å². The molecule has 3 rings (SSSR count). The number of rotatable bonds is 5. The Morgan fingerprint density at radius 1 is 1.19 bits per heavy atom. The Morgan fingerprint density at radius 2 is 1.91 bits per heavy atom. The Bertz CT molecular complexity index is 1070. The second-order valence-electron chi connectivity index (χ2n) is 7.54. The molecule has 2 aromatic carbocycles. The summed E-state index contributed by atoms with van der Waals surface area (Å²) in [5.41, 5.74) is 1.33. The van der Waals surface area contributed by atoms with E-state index in [1.165, 1.54) is 4.90 Å². The third-order valence-corrected chi connectivity index (χ3v) is 5.36. The molecule has 6 nitrogen and oxygen atoms in total. The molecule has 1 fully saturated rings.